The van der Waals surface area contributed by atoms with Gasteiger partial charge in [-0.05, 0) is 44.9 Å². The lowest BCUT2D eigenvalue weighted by Gasteiger charge is -2.33. The largest absolute Gasteiger partial charge is 0.331 e. The quantitative estimate of drug-likeness (QED) is 0.677. The molecule has 0 N–H and O–H groups in total. The fraction of sp³-hybridized carbons (Fsp3) is 0.455. The molecule has 0 saturated carbocycles. The van der Waals surface area contributed by atoms with Gasteiger partial charge in [0.1, 0.15) is 5.52 Å². The lowest BCUT2D eigenvalue weighted by molar-refractivity contribution is 0.156. The second kappa shape index (κ2) is 7.81. The number of urea groups is 1. The molecular formula is C22H28N6O. The van der Waals surface area contributed by atoms with E-state index in [1.165, 1.54) is 0 Å². The Morgan fingerprint density at radius 2 is 2.00 bits per heavy atom. The number of fused-ring (bicyclic) bond motifs is 1. The number of aromatic nitrogens is 4. The van der Waals surface area contributed by atoms with Gasteiger partial charge in [0, 0.05) is 62.8 Å². The van der Waals surface area contributed by atoms with Crippen molar-refractivity contribution < 1.29 is 4.79 Å². The van der Waals surface area contributed by atoms with Crippen molar-refractivity contribution in [2.24, 2.45) is 0 Å². The van der Waals surface area contributed by atoms with Crippen molar-refractivity contribution in [1.82, 2.24) is 29.3 Å². The van der Waals surface area contributed by atoms with E-state index in [4.69, 9.17) is 4.98 Å². The van der Waals surface area contributed by atoms with E-state index in [0.717, 1.165) is 53.9 Å². The van der Waals surface area contributed by atoms with E-state index in [0.29, 0.717) is 12.0 Å². The number of hydrogen-bond acceptors (Lipinski definition) is 4. The highest BCUT2D eigenvalue weighted by Gasteiger charge is 2.27. The Hall–Kier alpha value is -2.96. The molecule has 7 heteroatoms. The lowest BCUT2D eigenvalue weighted by Crippen LogP contribution is -2.43. The summed E-state index contributed by atoms with van der Waals surface area (Å²) in [6, 6.07) is 6.55. The summed E-state index contributed by atoms with van der Waals surface area (Å²) >= 11 is 0. The van der Waals surface area contributed by atoms with E-state index in [-0.39, 0.29) is 6.03 Å². The Morgan fingerprint density at radius 1 is 1.24 bits per heavy atom. The molecule has 0 unspecified atom stereocenters. The van der Waals surface area contributed by atoms with E-state index < -0.39 is 0 Å². The third-order valence-electron chi connectivity index (χ3n) is 5.64. The van der Waals surface area contributed by atoms with E-state index in [1.807, 2.05) is 29.6 Å². The highest BCUT2D eigenvalue weighted by atomic mass is 16.2. The highest BCUT2D eigenvalue weighted by molar-refractivity contribution is 5.90. The van der Waals surface area contributed by atoms with Crippen LogP contribution in [0.3, 0.4) is 0 Å². The summed E-state index contributed by atoms with van der Waals surface area (Å²) in [4.78, 5) is 29.8. The van der Waals surface area contributed by atoms with Crippen molar-refractivity contribution >= 4 is 17.1 Å². The van der Waals surface area contributed by atoms with Gasteiger partial charge in [-0.3, -0.25) is 9.97 Å². The van der Waals surface area contributed by atoms with Crippen LogP contribution in [-0.4, -0.2) is 62.5 Å². The van der Waals surface area contributed by atoms with Crippen molar-refractivity contribution in [1.29, 1.82) is 0 Å². The average molecular weight is 393 g/mol. The molecular weight excluding hydrogens is 364 g/mol. The maximum absolute atomic E-state index is 12.3. The molecule has 1 saturated heterocycles. The van der Waals surface area contributed by atoms with Crippen LogP contribution >= 0.6 is 0 Å². The van der Waals surface area contributed by atoms with Crippen molar-refractivity contribution in [3.63, 3.8) is 0 Å². The third kappa shape index (κ3) is 3.69. The van der Waals surface area contributed by atoms with Crippen molar-refractivity contribution in [2.75, 3.05) is 27.2 Å². The smallest absolute Gasteiger partial charge is 0.319 e. The number of nitrogens with zero attached hydrogens (tertiary/aromatic N) is 6. The van der Waals surface area contributed by atoms with Crippen LogP contribution < -0.4 is 0 Å². The SMILES string of the molecule is CC(C)n1cnc2c(-c3cccnc3)nc(C3CCN(C(=O)N(C)C)CC3)cc21. The second-order valence-corrected chi connectivity index (χ2v) is 8.19. The van der Waals surface area contributed by atoms with Crippen LogP contribution in [0.5, 0.6) is 0 Å². The maximum atomic E-state index is 12.3. The summed E-state index contributed by atoms with van der Waals surface area (Å²) in [7, 11) is 3.61. The number of amides is 2. The van der Waals surface area contributed by atoms with Gasteiger partial charge in [0.25, 0.3) is 0 Å². The molecule has 29 heavy (non-hydrogen) atoms. The first-order valence-corrected chi connectivity index (χ1v) is 10.2. The number of hydrogen-bond donors (Lipinski definition) is 0. The first kappa shape index (κ1) is 19.4. The van der Waals surface area contributed by atoms with Crippen molar-refractivity contribution in [3.05, 3.63) is 42.6 Å². The summed E-state index contributed by atoms with van der Waals surface area (Å²) in [5.41, 5.74) is 4.97. The molecule has 152 valence electrons. The third-order valence-corrected chi connectivity index (χ3v) is 5.64. The number of pyridine rings is 2. The standard InChI is InChI=1S/C22H28N6O/c1-15(2)28-14-24-21-19(28)12-18(25-20(21)17-6-5-9-23-13-17)16-7-10-27(11-8-16)22(29)26(3)4/h5-6,9,12-16H,7-8,10-11H2,1-4H3. The minimum absolute atomic E-state index is 0.0841. The number of likely N-dealkylation sites (tertiary alicyclic amines) is 1. The van der Waals surface area contributed by atoms with Crippen molar-refractivity contribution in [3.8, 4) is 11.3 Å². The van der Waals surface area contributed by atoms with Gasteiger partial charge in [-0.2, -0.15) is 0 Å². The van der Waals surface area contributed by atoms with Crippen LogP contribution in [0.4, 0.5) is 4.79 Å². The maximum Gasteiger partial charge on any atom is 0.319 e. The Kier molecular flexibility index (Phi) is 5.22. The molecule has 1 aliphatic heterocycles. The molecule has 2 amide bonds. The predicted octanol–water partition coefficient (Wildman–Crippen LogP) is 3.94. The van der Waals surface area contributed by atoms with E-state index >= 15 is 0 Å². The molecule has 1 fully saturated rings. The predicted molar refractivity (Wildman–Crippen MR) is 114 cm³/mol. The fourth-order valence-electron chi connectivity index (χ4n) is 4.02. The second-order valence-electron chi connectivity index (χ2n) is 8.19. The van der Waals surface area contributed by atoms with Crippen molar-refractivity contribution in [2.45, 2.75) is 38.6 Å². The molecule has 0 bridgehead atoms. The zero-order chi connectivity index (χ0) is 20.5. The zero-order valence-electron chi connectivity index (χ0n) is 17.5. The molecule has 0 aromatic carbocycles. The molecule has 0 spiro atoms. The minimum atomic E-state index is 0.0841. The van der Waals surface area contributed by atoms with Gasteiger partial charge in [0.15, 0.2) is 0 Å². The molecule has 3 aromatic heterocycles. The van der Waals surface area contributed by atoms with E-state index in [2.05, 4.69) is 34.4 Å². The number of imidazole rings is 1. The molecule has 1 aliphatic rings. The Labute approximate surface area is 171 Å². The van der Waals surface area contributed by atoms with E-state index in [9.17, 15) is 4.79 Å². The van der Waals surface area contributed by atoms with Gasteiger partial charge in [0.2, 0.25) is 0 Å². The van der Waals surface area contributed by atoms with Crippen LogP contribution in [-0.2, 0) is 0 Å². The van der Waals surface area contributed by atoms with Crippen LogP contribution in [0.1, 0.15) is 44.3 Å². The van der Waals surface area contributed by atoms with Gasteiger partial charge in [0.05, 0.1) is 17.5 Å². The van der Waals surface area contributed by atoms with Gasteiger partial charge >= 0.3 is 6.03 Å². The molecule has 3 aromatic rings. The average Bonchev–Trinajstić information content (AvgIpc) is 3.17. The molecule has 7 nitrogen and oxygen atoms in total. The monoisotopic (exact) mass is 392 g/mol. The normalized spacial score (nSPS) is 15.3. The Bertz CT molecular complexity index is 1000. The summed E-state index contributed by atoms with van der Waals surface area (Å²) < 4.78 is 2.20. The van der Waals surface area contributed by atoms with Gasteiger partial charge < -0.3 is 14.4 Å². The zero-order valence-corrected chi connectivity index (χ0v) is 17.5. The lowest BCUT2D eigenvalue weighted by atomic mass is 9.92. The fourth-order valence-corrected chi connectivity index (χ4v) is 4.02. The van der Waals surface area contributed by atoms with Crippen LogP contribution in [0.2, 0.25) is 0 Å². The molecule has 0 radical (unpaired) electrons. The topological polar surface area (TPSA) is 67.2 Å². The first-order valence-electron chi connectivity index (χ1n) is 10.2. The van der Waals surface area contributed by atoms with E-state index in [1.54, 1.807) is 25.2 Å². The Balaban J connectivity index is 1.72. The summed E-state index contributed by atoms with van der Waals surface area (Å²) in [6.45, 7) is 5.84. The number of carbonyl (C=O) groups excluding carboxylic acids is 1. The molecule has 0 aliphatic carbocycles. The van der Waals surface area contributed by atoms with Crippen LogP contribution in [0.15, 0.2) is 36.9 Å². The van der Waals surface area contributed by atoms with Gasteiger partial charge in [-0.25, -0.2) is 9.78 Å². The molecule has 4 heterocycles. The first-order chi connectivity index (χ1) is 14.0. The summed E-state index contributed by atoms with van der Waals surface area (Å²) in [5.74, 6) is 0.330. The van der Waals surface area contributed by atoms with Gasteiger partial charge in [-0.15, -0.1) is 0 Å². The summed E-state index contributed by atoms with van der Waals surface area (Å²) in [5, 5.41) is 0. The Morgan fingerprint density at radius 3 is 2.62 bits per heavy atom. The van der Waals surface area contributed by atoms with Gasteiger partial charge in [-0.1, -0.05) is 0 Å². The molecule has 0 atom stereocenters. The summed E-state index contributed by atoms with van der Waals surface area (Å²) in [6.07, 6.45) is 7.35. The molecule has 4 rings (SSSR count). The number of piperidine rings is 1. The number of carbonyl (C=O) groups is 1. The minimum Gasteiger partial charge on any atom is -0.331 e. The van der Waals surface area contributed by atoms with Crippen LogP contribution in [0.25, 0.3) is 22.3 Å². The van der Waals surface area contributed by atoms with Crippen LogP contribution in [0, 0.1) is 0 Å². The number of rotatable bonds is 3. The highest BCUT2D eigenvalue weighted by Crippen LogP contribution is 2.33.